The summed E-state index contributed by atoms with van der Waals surface area (Å²) in [4.78, 5) is 8.05. The Morgan fingerprint density at radius 3 is 2.14 bits per heavy atom. The summed E-state index contributed by atoms with van der Waals surface area (Å²) < 4.78 is 9.49. The van der Waals surface area contributed by atoms with Crippen molar-refractivity contribution in [2.24, 2.45) is 0 Å². The van der Waals surface area contributed by atoms with Crippen LogP contribution in [0.15, 0.2) is 156 Å². The van der Waals surface area contributed by atoms with E-state index in [0.717, 1.165) is 34.0 Å². The quantitative estimate of drug-likeness (QED) is 0.161. The Bertz CT molecular complexity index is 4060. The molecule has 6 heterocycles. The van der Waals surface area contributed by atoms with E-state index in [4.69, 9.17) is 4.42 Å². The van der Waals surface area contributed by atoms with Crippen LogP contribution in [0, 0.1) is 0 Å². The minimum absolute atomic E-state index is 0.0101. The Labute approximate surface area is 420 Å². The molecule has 1 saturated carbocycles. The van der Waals surface area contributed by atoms with Crippen LogP contribution >= 0.6 is 11.3 Å². The van der Waals surface area contributed by atoms with Crippen molar-refractivity contribution in [2.75, 3.05) is 14.7 Å². The molecule has 0 bridgehead atoms. The first-order valence-corrected chi connectivity index (χ1v) is 26.7. The predicted molar refractivity (Wildman–Crippen MR) is 301 cm³/mol. The number of hydrogen-bond donors (Lipinski definition) is 0. The maximum Gasteiger partial charge on any atom is 0.264 e. The van der Waals surface area contributed by atoms with Crippen molar-refractivity contribution in [1.29, 1.82) is 0 Å². The molecule has 2 aromatic heterocycles. The molecular formula is C65H54BN3OS. The highest BCUT2D eigenvalue weighted by atomic mass is 32.1. The minimum atomic E-state index is -0.122. The number of benzene rings is 8. The summed E-state index contributed by atoms with van der Waals surface area (Å²) in [6, 6.07) is 58.4. The molecule has 0 amide bonds. The van der Waals surface area contributed by atoms with E-state index < -0.39 is 0 Å². The van der Waals surface area contributed by atoms with Crippen molar-refractivity contribution in [1.82, 2.24) is 0 Å². The van der Waals surface area contributed by atoms with E-state index >= 15 is 0 Å². The molecule has 0 spiro atoms. The van der Waals surface area contributed by atoms with Crippen LogP contribution in [0.5, 0.6) is 0 Å². The molecule has 0 saturated heterocycles. The van der Waals surface area contributed by atoms with Gasteiger partial charge < -0.3 is 19.1 Å². The summed E-state index contributed by atoms with van der Waals surface area (Å²) in [5, 5.41) is 3.68. The van der Waals surface area contributed by atoms with Crippen LogP contribution in [0.4, 0.5) is 45.5 Å². The van der Waals surface area contributed by atoms with Crippen molar-refractivity contribution in [3.63, 3.8) is 0 Å². The normalized spacial score (nSPS) is 20.5. The third-order valence-electron chi connectivity index (χ3n) is 18.7. The summed E-state index contributed by atoms with van der Waals surface area (Å²) in [5.74, 6) is 0. The van der Waals surface area contributed by atoms with Crippen LogP contribution < -0.4 is 30.4 Å². The molecule has 6 heteroatoms. The Balaban J connectivity index is 1.00. The van der Waals surface area contributed by atoms with E-state index in [2.05, 4.69) is 215 Å². The molecule has 2 atom stereocenters. The third-order valence-corrected chi connectivity index (χ3v) is 19.9. The first-order valence-electron chi connectivity index (χ1n) is 25.9. The zero-order valence-electron chi connectivity index (χ0n) is 41.5. The number of furan rings is 1. The lowest BCUT2D eigenvalue weighted by atomic mass is 9.36. The van der Waals surface area contributed by atoms with Gasteiger partial charge in [0.1, 0.15) is 11.2 Å². The van der Waals surface area contributed by atoms with Crippen LogP contribution in [-0.4, -0.2) is 12.3 Å². The van der Waals surface area contributed by atoms with Gasteiger partial charge in [-0.2, -0.15) is 0 Å². The van der Waals surface area contributed by atoms with Crippen molar-refractivity contribution in [3.8, 4) is 22.3 Å². The van der Waals surface area contributed by atoms with Crippen LogP contribution in [0.1, 0.15) is 96.4 Å². The van der Waals surface area contributed by atoms with E-state index in [-0.39, 0.29) is 28.5 Å². The molecule has 2 unspecified atom stereocenters. The maximum absolute atomic E-state index is 6.69. The number of anilines is 8. The van der Waals surface area contributed by atoms with Crippen molar-refractivity contribution < 1.29 is 4.42 Å². The lowest BCUT2D eigenvalue weighted by Gasteiger charge is -2.50. The first kappa shape index (κ1) is 40.7. The van der Waals surface area contributed by atoms with Crippen molar-refractivity contribution in [3.05, 3.63) is 174 Å². The zero-order valence-corrected chi connectivity index (χ0v) is 42.3. The number of rotatable bonds is 2. The van der Waals surface area contributed by atoms with Crippen LogP contribution in [-0.2, 0) is 16.2 Å². The van der Waals surface area contributed by atoms with Crippen molar-refractivity contribution >= 4 is 111 Å². The standard InChI is InChI=1S/C65H54BN3OS/c1-62(2,3)37-28-31-47-43(34-37)64(6)32-14-15-33-65(64,7)69(47)38-29-30-45-51(35-38)67(48-23-17-27-53-56(48)41-20-10-13-26-52(41)70-53)49-24-16-25-50-59(49)66(45)61-60-58-54(71-61)36-44-55(39-18-8-11-21-42(39)63(44,4)5)57(58)40-19-9-12-22-46(40)68(50)60/h8-13,16-31,34-36H,14-15,32-33H2,1-7H3. The van der Waals surface area contributed by atoms with E-state index in [9.17, 15) is 0 Å². The highest BCUT2D eigenvalue weighted by Crippen LogP contribution is 2.64. The van der Waals surface area contributed by atoms with Gasteiger partial charge in [0.2, 0.25) is 0 Å². The van der Waals surface area contributed by atoms with Crippen LogP contribution in [0.2, 0.25) is 0 Å². The molecule has 6 aliphatic rings. The molecule has 1 fully saturated rings. The summed E-state index contributed by atoms with van der Waals surface area (Å²) in [6.07, 6.45) is 4.83. The fourth-order valence-electron chi connectivity index (χ4n) is 15.1. The molecular weight excluding hydrogens is 882 g/mol. The molecule has 0 N–H and O–H groups in total. The minimum Gasteiger partial charge on any atom is -0.456 e. The molecule has 71 heavy (non-hydrogen) atoms. The SMILES string of the molecule is CC(C)(C)c1ccc2c(c1)C1(C)CCCCC1(C)N2c1ccc2c(c1)N(c1cccc3oc4ccccc4c13)c1cccc3c1B2c1sc2cc4c(c5c2c1N3c1ccccc1-5)-c1ccccc1C4(C)C. The zero-order chi connectivity index (χ0) is 47.7. The second-order valence-electron chi connectivity index (χ2n) is 23.5. The van der Waals surface area contributed by atoms with Gasteiger partial charge >= 0.3 is 0 Å². The largest absolute Gasteiger partial charge is 0.456 e. The number of nitrogens with zero attached hydrogens (tertiary/aromatic N) is 3. The van der Waals surface area contributed by atoms with Gasteiger partial charge in [0.15, 0.2) is 0 Å². The number of para-hydroxylation sites is 2. The molecule has 4 nitrogen and oxygen atoms in total. The Kier molecular flexibility index (Phi) is 7.61. The fraction of sp³-hybridized carbons (Fsp3) is 0.231. The Hall–Kier alpha value is -7.02. The summed E-state index contributed by atoms with van der Waals surface area (Å²) in [5.41, 5.74) is 25.8. The highest BCUT2D eigenvalue weighted by Gasteiger charge is 2.58. The molecule has 0 radical (unpaired) electrons. The fourth-order valence-corrected chi connectivity index (χ4v) is 16.4. The topological polar surface area (TPSA) is 22.9 Å². The van der Waals surface area contributed by atoms with Gasteiger partial charge in [-0.05, 0) is 130 Å². The molecule has 4 aliphatic heterocycles. The van der Waals surface area contributed by atoms with E-state index in [1.165, 1.54) is 129 Å². The van der Waals surface area contributed by atoms with E-state index in [1.807, 2.05) is 11.3 Å². The van der Waals surface area contributed by atoms with Gasteiger partial charge in [-0.1, -0.05) is 145 Å². The molecule has 16 rings (SSSR count). The lowest BCUT2D eigenvalue weighted by molar-refractivity contribution is 0.195. The Morgan fingerprint density at radius 1 is 0.563 bits per heavy atom. The molecule has 2 aliphatic carbocycles. The Morgan fingerprint density at radius 2 is 1.28 bits per heavy atom. The van der Waals surface area contributed by atoms with Crippen LogP contribution in [0.25, 0.3) is 54.3 Å². The summed E-state index contributed by atoms with van der Waals surface area (Å²) in [6.45, 7) is 17.1. The predicted octanol–water partition coefficient (Wildman–Crippen LogP) is 16.2. The second-order valence-corrected chi connectivity index (χ2v) is 24.6. The maximum atomic E-state index is 6.69. The van der Waals surface area contributed by atoms with Crippen molar-refractivity contribution in [2.45, 2.75) is 95.9 Å². The van der Waals surface area contributed by atoms with E-state index in [1.54, 1.807) is 0 Å². The molecule has 10 aromatic rings. The molecule has 8 aromatic carbocycles. The van der Waals surface area contributed by atoms with Gasteiger partial charge in [0.25, 0.3) is 6.71 Å². The second kappa shape index (κ2) is 13.3. The third kappa shape index (κ3) is 4.84. The summed E-state index contributed by atoms with van der Waals surface area (Å²) in [7, 11) is 0. The highest BCUT2D eigenvalue weighted by molar-refractivity contribution is 7.34. The average molecular weight is 936 g/mol. The average Bonchev–Trinajstić information content (AvgIpc) is 4.09. The van der Waals surface area contributed by atoms with E-state index in [0.29, 0.717) is 0 Å². The lowest BCUT2D eigenvalue weighted by Crippen LogP contribution is -2.60. The van der Waals surface area contributed by atoms with Gasteiger partial charge in [0, 0.05) is 70.6 Å². The first-order chi connectivity index (χ1) is 34.4. The number of thiophene rings is 1. The smallest absolute Gasteiger partial charge is 0.264 e. The summed E-state index contributed by atoms with van der Waals surface area (Å²) >= 11 is 2.03. The van der Waals surface area contributed by atoms with Gasteiger partial charge in [0.05, 0.1) is 28.0 Å². The van der Waals surface area contributed by atoms with Gasteiger partial charge in [-0.3, -0.25) is 0 Å². The van der Waals surface area contributed by atoms with Crippen LogP contribution in [0.3, 0.4) is 0 Å². The number of fused-ring (bicyclic) bond motifs is 17. The monoisotopic (exact) mass is 935 g/mol. The van der Waals surface area contributed by atoms with Gasteiger partial charge in [-0.15, -0.1) is 11.3 Å². The van der Waals surface area contributed by atoms with Gasteiger partial charge in [-0.25, -0.2) is 0 Å². The number of hydrogen-bond acceptors (Lipinski definition) is 5. The molecule has 344 valence electrons.